The zero-order valence-electron chi connectivity index (χ0n) is 9.01. The number of nitrogens with zero attached hydrogens (tertiary/aromatic N) is 1. The van der Waals surface area contributed by atoms with Gasteiger partial charge in [-0.3, -0.25) is 4.79 Å². The molecule has 0 spiro atoms. The van der Waals surface area contributed by atoms with E-state index < -0.39 is 0 Å². The molecular weight excluding hydrogens is 162 g/mol. The van der Waals surface area contributed by atoms with Crippen LogP contribution in [0, 0.1) is 6.92 Å². The van der Waals surface area contributed by atoms with Crippen molar-refractivity contribution in [2.24, 2.45) is 7.05 Å². The fourth-order valence-corrected chi connectivity index (χ4v) is 1.42. The summed E-state index contributed by atoms with van der Waals surface area (Å²) >= 11 is 0. The molecule has 1 aromatic rings. The molecule has 0 atom stereocenters. The molecule has 0 aliphatic heterocycles. The number of hydrogen-bond acceptors (Lipinski definition) is 1. The molecule has 0 fully saturated rings. The molecule has 2 nitrogen and oxygen atoms in total. The molecule has 0 saturated carbocycles. The maximum Gasteiger partial charge on any atom is 0.254 e. The van der Waals surface area contributed by atoms with E-state index in [1.807, 2.05) is 19.2 Å². The van der Waals surface area contributed by atoms with Crippen molar-refractivity contribution in [2.45, 2.75) is 33.1 Å². The predicted molar refractivity (Wildman–Crippen MR) is 55.1 cm³/mol. The Bertz CT molecular complexity index is 369. The summed E-state index contributed by atoms with van der Waals surface area (Å²) in [5, 5.41) is 0. The second-order valence-corrected chi connectivity index (χ2v) is 4.60. The summed E-state index contributed by atoms with van der Waals surface area (Å²) in [6.07, 6.45) is 1.86. The molecule has 0 bridgehead atoms. The number of hydrogen-bond donors (Lipinski definition) is 0. The predicted octanol–water partition coefficient (Wildman–Crippen LogP) is 1.99. The van der Waals surface area contributed by atoms with Crippen molar-refractivity contribution >= 4 is 0 Å². The Balaban J connectivity index is 3.47. The Morgan fingerprint density at radius 2 is 1.85 bits per heavy atom. The smallest absolute Gasteiger partial charge is 0.254 e. The number of rotatable bonds is 0. The average Bonchev–Trinajstić information content (AvgIpc) is 1.94. The summed E-state index contributed by atoms with van der Waals surface area (Å²) in [5.74, 6) is 0. The van der Waals surface area contributed by atoms with Crippen LogP contribution in [0.5, 0.6) is 0 Å². The summed E-state index contributed by atoms with van der Waals surface area (Å²) in [6, 6.07) is 1.97. The zero-order valence-corrected chi connectivity index (χ0v) is 9.01. The molecule has 1 heterocycles. The van der Waals surface area contributed by atoms with Gasteiger partial charge in [0.25, 0.3) is 5.56 Å². The second kappa shape index (κ2) is 3.02. The van der Waals surface area contributed by atoms with E-state index in [2.05, 4.69) is 20.8 Å². The van der Waals surface area contributed by atoms with E-state index in [1.165, 1.54) is 0 Å². The third-order valence-corrected chi connectivity index (χ3v) is 2.13. The van der Waals surface area contributed by atoms with Gasteiger partial charge in [0.05, 0.1) is 0 Å². The second-order valence-electron chi connectivity index (χ2n) is 4.60. The first-order chi connectivity index (χ1) is 5.82. The van der Waals surface area contributed by atoms with Crippen LogP contribution in [0.1, 0.15) is 31.9 Å². The highest BCUT2D eigenvalue weighted by atomic mass is 16.1. The van der Waals surface area contributed by atoms with Crippen LogP contribution in [0.2, 0.25) is 0 Å². The van der Waals surface area contributed by atoms with Crippen molar-refractivity contribution in [1.29, 1.82) is 0 Å². The Morgan fingerprint density at radius 3 is 2.31 bits per heavy atom. The van der Waals surface area contributed by atoms with Crippen LogP contribution in [0.4, 0.5) is 0 Å². The van der Waals surface area contributed by atoms with E-state index in [9.17, 15) is 4.79 Å². The van der Waals surface area contributed by atoms with Crippen LogP contribution < -0.4 is 5.56 Å². The van der Waals surface area contributed by atoms with Crippen LogP contribution in [0.15, 0.2) is 17.1 Å². The zero-order chi connectivity index (χ0) is 10.2. The van der Waals surface area contributed by atoms with E-state index in [4.69, 9.17) is 0 Å². The van der Waals surface area contributed by atoms with E-state index in [-0.39, 0.29) is 11.0 Å². The van der Waals surface area contributed by atoms with Gasteiger partial charge in [-0.1, -0.05) is 20.8 Å². The number of aryl methyl sites for hydroxylation is 2. The normalized spacial score (nSPS) is 11.8. The van der Waals surface area contributed by atoms with E-state index in [0.717, 1.165) is 11.1 Å². The van der Waals surface area contributed by atoms with Crippen molar-refractivity contribution in [1.82, 2.24) is 4.57 Å². The van der Waals surface area contributed by atoms with E-state index in [0.29, 0.717) is 0 Å². The molecule has 0 aliphatic carbocycles. The van der Waals surface area contributed by atoms with Crippen LogP contribution in [-0.2, 0) is 12.5 Å². The largest absolute Gasteiger partial charge is 0.318 e. The molecule has 1 rings (SSSR count). The molecule has 0 saturated heterocycles. The van der Waals surface area contributed by atoms with Crippen molar-refractivity contribution in [3.8, 4) is 0 Å². The minimum absolute atomic E-state index is 0.0686. The quantitative estimate of drug-likeness (QED) is 0.597. The molecule has 1 aromatic heterocycles. The lowest BCUT2D eigenvalue weighted by Gasteiger charge is -2.19. The molecule has 2 heteroatoms. The minimum atomic E-state index is -0.0686. The van der Waals surface area contributed by atoms with Crippen LogP contribution in [0.3, 0.4) is 0 Å². The first kappa shape index (κ1) is 10.0. The van der Waals surface area contributed by atoms with Crippen molar-refractivity contribution < 1.29 is 0 Å². The summed E-state index contributed by atoms with van der Waals surface area (Å²) in [4.78, 5) is 11.7. The Morgan fingerprint density at radius 1 is 1.31 bits per heavy atom. The van der Waals surface area contributed by atoms with E-state index >= 15 is 0 Å². The van der Waals surface area contributed by atoms with Gasteiger partial charge in [0.2, 0.25) is 0 Å². The molecule has 0 unspecified atom stereocenters. The first-order valence-electron chi connectivity index (χ1n) is 4.50. The van der Waals surface area contributed by atoms with Gasteiger partial charge in [0.15, 0.2) is 0 Å². The Hall–Kier alpha value is -1.05. The highest BCUT2D eigenvalue weighted by Gasteiger charge is 2.18. The van der Waals surface area contributed by atoms with Gasteiger partial charge in [-0.05, 0) is 24.0 Å². The van der Waals surface area contributed by atoms with E-state index in [1.54, 1.807) is 11.6 Å². The van der Waals surface area contributed by atoms with Gasteiger partial charge in [0.1, 0.15) is 0 Å². The fourth-order valence-electron chi connectivity index (χ4n) is 1.42. The number of aromatic nitrogens is 1. The molecule has 13 heavy (non-hydrogen) atoms. The van der Waals surface area contributed by atoms with Crippen molar-refractivity contribution in [3.05, 3.63) is 33.7 Å². The lowest BCUT2D eigenvalue weighted by molar-refractivity contribution is 0.572. The molecule has 0 aliphatic rings. The Kier molecular flexibility index (Phi) is 2.33. The van der Waals surface area contributed by atoms with Gasteiger partial charge in [-0.25, -0.2) is 0 Å². The highest BCUT2D eigenvalue weighted by Crippen LogP contribution is 2.18. The van der Waals surface area contributed by atoms with Gasteiger partial charge >= 0.3 is 0 Å². The molecule has 0 aromatic carbocycles. The lowest BCUT2D eigenvalue weighted by Crippen LogP contribution is -2.28. The Labute approximate surface area is 79.2 Å². The van der Waals surface area contributed by atoms with Crippen molar-refractivity contribution in [3.63, 3.8) is 0 Å². The van der Waals surface area contributed by atoms with Gasteiger partial charge in [0, 0.05) is 18.8 Å². The third-order valence-electron chi connectivity index (χ3n) is 2.13. The summed E-state index contributed by atoms with van der Waals surface area (Å²) in [6.45, 7) is 8.18. The molecule has 0 N–H and O–H groups in total. The maximum absolute atomic E-state index is 11.7. The van der Waals surface area contributed by atoms with Crippen LogP contribution in [-0.4, -0.2) is 4.57 Å². The molecule has 72 valence electrons. The standard InChI is InChI=1S/C11H17NO/c1-8-6-9(11(2,3)4)10(13)12(5)7-8/h6-7H,1-5H3. The monoisotopic (exact) mass is 179 g/mol. The molecule has 0 radical (unpaired) electrons. The molecular formula is C11H17NO. The number of pyridine rings is 1. The first-order valence-corrected chi connectivity index (χ1v) is 4.50. The fraction of sp³-hybridized carbons (Fsp3) is 0.545. The highest BCUT2D eigenvalue weighted by molar-refractivity contribution is 5.24. The topological polar surface area (TPSA) is 22.0 Å². The third kappa shape index (κ3) is 2.00. The summed E-state index contributed by atoms with van der Waals surface area (Å²) < 4.78 is 1.65. The molecule has 0 amide bonds. The van der Waals surface area contributed by atoms with Gasteiger partial charge < -0.3 is 4.57 Å². The van der Waals surface area contributed by atoms with Gasteiger partial charge in [-0.2, -0.15) is 0 Å². The SMILES string of the molecule is Cc1cc(C(C)(C)C)c(=O)n(C)c1. The minimum Gasteiger partial charge on any atom is -0.318 e. The van der Waals surface area contributed by atoms with Crippen LogP contribution in [0.25, 0.3) is 0 Å². The average molecular weight is 179 g/mol. The van der Waals surface area contributed by atoms with Gasteiger partial charge in [-0.15, -0.1) is 0 Å². The summed E-state index contributed by atoms with van der Waals surface area (Å²) in [5.41, 5.74) is 2.06. The van der Waals surface area contributed by atoms with Crippen LogP contribution >= 0.6 is 0 Å². The summed E-state index contributed by atoms with van der Waals surface area (Å²) in [7, 11) is 1.80. The lowest BCUT2D eigenvalue weighted by atomic mass is 9.87. The van der Waals surface area contributed by atoms with Crippen molar-refractivity contribution in [2.75, 3.05) is 0 Å². The maximum atomic E-state index is 11.7.